The molecule has 1 aliphatic rings. The normalized spacial score (nSPS) is 22.2. The Balaban J connectivity index is 1.77. The van der Waals surface area contributed by atoms with Crippen LogP contribution in [0.1, 0.15) is 28.9 Å². The van der Waals surface area contributed by atoms with Crippen molar-refractivity contribution in [3.8, 4) is 0 Å². The van der Waals surface area contributed by atoms with Gasteiger partial charge in [-0.15, -0.1) is 0 Å². The van der Waals surface area contributed by atoms with Crippen molar-refractivity contribution >= 4 is 32.6 Å². The first kappa shape index (κ1) is 16.8. The quantitative estimate of drug-likeness (QED) is 0.760. The molecule has 1 fully saturated rings. The lowest BCUT2D eigenvalue weighted by Gasteiger charge is -2.49. The molecule has 5 nitrogen and oxygen atoms in total. The van der Waals surface area contributed by atoms with Crippen molar-refractivity contribution in [2.24, 2.45) is 5.73 Å². The summed E-state index contributed by atoms with van der Waals surface area (Å²) in [5.74, 6) is -0.982. The first-order chi connectivity index (χ1) is 12.4. The predicted molar refractivity (Wildman–Crippen MR) is 96.5 cm³/mol. The second-order valence-electron chi connectivity index (χ2n) is 6.47. The molecular formula is C18H16F2N4OS. The van der Waals surface area contributed by atoms with Gasteiger partial charge in [0.15, 0.2) is 5.13 Å². The average molecular weight is 374 g/mol. The largest absolute Gasteiger partial charge is 0.366 e. The van der Waals surface area contributed by atoms with Crippen LogP contribution in [0, 0.1) is 5.82 Å². The molecule has 2 heterocycles. The van der Waals surface area contributed by atoms with E-state index in [0.717, 1.165) is 4.70 Å². The Morgan fingerprint density at radius 2 is 2.15 bits per heavy atom. The highest BCUT2D eigenvalue weighted by atomic mass is 32.1. The van der Waals surface area contributed by atoms with Gasteiger partial charge in [0, 0.05) is 31.6 Å². The molecule has 0 radical (unpaired) electrons. The molecule has 1 saturated carbocycles. The third kappa shape index (κ3) is 2.52. The fraction of sp³-hybridized carbons (Fsp3) is 0.278. The van der Waals surface area contributed by atoms with Crippen LogP contribution < -0.4 is 10.6 Å². The van der Waals surface area contributed by atoms with Gasteiger partial charge in [-0.1, -0.05) is 11.3 Å². The number of hydrogen-bond acceptors (Lipinski definition) is 5. The molecule has 0 saturated heterocycles. The first-order valence-electron chi connectivity index (χ1n) is 8.10. The van der Waals surface area contributed by atoms with E-state index in [2.05, 4.69) is 9.97 Å². The monoisotopic (exact) mass is 374 g/mol. The highest BCUT2D eigenvalue weighted by molar-refractivity contribution is 7.22. The van der Waals surface area contributed by atoms with E-state index >= 15 is 0 Å². The number of aromatic nitrogens is 2. The number of benzene rings is 1. The summed E-state index contributed by atoms with van der Waals surface area (Å²) in [4.78, 5) is 21.9. The molecule has 134 valence electrons. The third-order valence-corrected chi connectivity index (χ3v) is 6.02. The van der Waals surface area contributed by atoms with Crippen LogP contribution in [-0.2, 0) is 5.54 Å². The summed E-state index contributed by atoms with van der Waals surface area (Å²) in [6.07, 6.45) is 0.811. The van der Waals surface area contributed by atoms with Crippen LogP contribution >= 0.6 is 11.3 Å². The van der Waals surface area contributed by atoms with Gasteiger partial charge in [0.1, 0.15) is 17.7 Å². The van der Waals surface area contributed by atoms with E-state index in [1.165, 1.54) is 29.7 Å². The van der Waals surface area contributed by atoms with Crippen molar-refractivity contribution in [2.45, 2.75) is 24.6 Å². The van der Waals surface area contributed by atoms with Gasteiger partial charge in [-0.05, 0) is 30.3 Å². The average Bonchev–Trinajstić information content (AvgIpc) is 3.02. The fourth-order valence-electron chi connectivity index (χ4n) is 3.42. The van der Waals surface area contributed by atoms with Gasteiger partial charge < -0.3 is 10.6 Å². The summed E-state index contributed by atoms with van der Waals surface area (Å²) in [6.45, 7) is 0. The number of nitrogens with zero attached hydrogens (tertiary/aromatic N) is 3. The first-order valence-corrected chi connectivity index (χ1v) is 8.92. The number of carbonyl (C=O) groups is 1. The molecule has 4 rings (SSSR count). The van der Waals surface area contributed by atoms with Crippen molar-refractivity contribution in [2.75, 3.05) is 11.9 Å². The van der Waals surface area contributed by atoms with E-state index in [9.17, 15) is 13.6 Å². The van der Waals surface area contributed by atoms with Gasteiger partial charge in [-0.2, -0.15) is 0 Å². The Hall–Kier alpha value is -2.61. The molecule has 0 spiro atoms. The number of alkyl halides is 1. The van der Waals surface area contributed by atoms with Gasteiger partial charge >= 0.3 is 0 Å². The molecule has 2 N–H and O–H groups in total. The fourth-order valence-corrected chi connectivity index (χ4v) is 4.42. The Bertz CT molecular complexity index is 1000. The number of nitrogens with two attached hydrogens (primary N) is 1. The number of halogens is 2. The van der Waals surface area contributed by atoms with Gasteiger partial charge in [0.2, 0.25) is 5.91 Å². The van der Waals surface area contributed by atoms with Crippen molar-refractivity contribution < 1.29 is 13.6 Å². The van der Waals surface area contributed by atoms with Gasteiger partial charge in [-0.25, -0.2) is 13.8 Å². The number of primary amides is 1. The van der Waals surface area contributed by atoms with E-state index in [-0.39, 0.29) is 18.5 Å². The maximum Gasteiger partial charge on any atom is 0.248 e. The zero-order valence-corrected chi connectivity index (χ0v) is 14.8. The van der Waals surface area contributed by atoms with Crippen molar-refractivity contribution in [1.82, 2.24) is 9.97 Å². The highest BCUT2D eigenvalue weighted by Crippen LogP contribution is 2.50. The summed E-state index contributed by atoms with van der Waals surface area (Å²) in [6, 6.07) is 7.89. The summed E-state index contributed by atoms with van der Waals surface area (Å²) < 4.78 is 29.0. The Labute approximate surface area is 152 Å². The van der Waals surface area contributed by atoms with Crippen LogP contribution in [0.2, 0.25) is 0 Å². The molecule has 8 heteroatoms. The number of hydrogen-bond donors (Lipinski definition) is 1. The molecule has 0 bridgehead atoms. The minimum atomic E-state index is -1.00. The molecule has 0 unspecified atom stereocenters. The molecule has 1 aliphatic carbocycles. The molecule has 1 amide bonds. The lowest BCUT2D eigenvalue weighted by atomic mass is 9.71. The lowest BCUT2D eigenvalue weighted by Crippen LogP contribution is -2.55. The van der Waals surface area contributed by atoms with Crippen molar-refractivity contribution in [3.05, 3.63) is 53.6 Å². The highest BCUT2D eigenvalue weighted by Gasteiger charge is 2.52. The van der Waals surface area contributed by atoms with Crippen LogP contribution in [0.5, 0.6) is 0 Å². The topological polar surface area (TPSA) is 72.1 Å². The third-order valence-electron chi connectivity index (χ3n) is 4.91. The minimum Gasteiger partial charge on any atom is -0.366 e. The van der Waals surface area contributed by atoms with Crippen molar-refractivity contribution in [3.63, 3.8) is 0 Å². The molecule has 2 aromatic heterocycles. The molecule has 0 aliphatic heterocycles. The molecule has 26 heavy (non-hydrogen) atoms. The molecule has 3 aromatic rings. The summed E-state index contributed by atoms with van der Waals surface area (Å²) in [5, 5.41) is 0.610. The van der Waals surface area contributed by atoms with Crippen LogP contribution in [0.4, 0.5) is 13.9 Å². The second kappa shape index (κ2) is 5.98. The summed E-state index contributed by atoms with van der Waals surface area (Å²) in [5.41, 5.74) is 5.67. The standard InChI is InChI=1S/C18H16F2N4OS/c1-24(17-23-13-7-10(16(21)25)4-5-14(13)26-17)18(8-11(19)9-18)15-12(20)3-2-6-22-15/h2-7,11H,8-9H2,1H3,(H2,21,25). The number of carbonyl (C=O) groups excluding carboxylic acids is 1. The number of fused-ring (bicyclic) bond motifs is 1. The number of pyridine rings is 1. The van der Waals surface area contributed by atoms with Crippen LogP contribution in [0.25, 0.3) is 10.2 Å². The van der Waals surface area contributed by atoms with E-state index in [1.807, 2.05) is 0 Å². The number of rotatable bonds is 4. The number of thiazole rings is 1. The van der Waals surface area contributed by atoms with E-state index in [4.69, 9.17) is 5.73 Å². The van der Waals surface area contributed by atoms with Crippen LogP contribution in [0.3, 0.4) is 0 Å². The maximum atomic E-state index is 14.4. The minimum absolute atomic E-state index is 0.153. The summed E-state index contributed by atoms with van der Waals surface area (Å²) in [7, 11) is 1.77. The van der Waals surface area contributed by atoms with E-state index < -0.39 is 23.4 Å². The van der Waals surface area contributed by atoms with Gasteiger partial charge in [0.05, 0.1) is 15.8 Å². The lowest BCUT2D eigenvalue weighted by molar-refractivity contribution is 0.0871. The SMILES string of the molecule is CN(c1nc2cc(C(N)=O)ccc2s1)C1(c2ncccc2F)CC(F)C1. The zero-order valence-electron chi connectivity index (χ0n) is 13.9. The molecular weight excluding hydrogens is 358 g/mol. The van der Waals surface area contributed by atoms with Gasteiger partial charge in [0.25, 0.3) is 0 Å². The van der Waals surface area contributed by atoms with E-state index in [0.29, 0.717) is 16.2 Å². The predicted octanol–water partition coefficient (Wildman–Crippen LogP) is 3.39. The number of amides is 1. The van der Waals surface area contributed by atoms with Crippen LogP contribution in [0.15, 0.2) is 36.5 Å². The Morgan fingerprint density at radius 1 is 1.38 bits per heavy atom. The van der Waals surface area contributed by atoms with Crippen LogP contribution in [-0.4, -0.2) is 29.1 Å². The second-order valence-corrected chi connectivity index (χ2v) is 7.48. The Kier molecular flexibility index (Phi) is 3.87. The summed E-state index contributed by atoms with van der Waals surface area (Å²) >= 11 is 1.39. The van der Waals surface area contributed by atoms with E-state index in [1.54, 1.807) is 30.1 Å². The molecule has 1 aromatic carbocycles. The zero-order chi connectivity index (χ0) is 18.5. The van der Waals surface area contributed by atoms with Gasteiger partial charge in [-0.3, -0.25) is 9.78 Å². The smallest absolute Gasteiger partial charge is 0.248 e. The molecule has 0 atom stereocenters. The maximum absolute atomic E-state index is 14.4. The Morgan fingerprint density at radius 3 is 2.81 bits per heavy atom. The van der Waals surface area contributed by atoms with Crippen molar-refractivity contribution in [1.29, 1.82) is 0 Å². The number of anilines is 1.